The molecule has 0 aromatic heterocycles. The SMILES string of the molecule is C=CCN(C(=O)[C@@H]1N(CCCCCO)C(=O)[C@H]2[C@H](C(=O)O)[C@@H]3CC[C@]12O3)C1CCCCC1. The molecule has 2 amide bonds. The summed E-state index contributed by atoms with van der Waals surface area (Å²) in [5.74, 6) is -3.09. The highest BCUT2D eigenvalue weighted by Gasteiger charge is 2.74. The van der Waals surface area contributed by atoms with Gasteiger partial charge < -0.3 is 24.7 Å². The van der Waals surface area contributed by atoms with Gasteiger partial charge in [0.2, 0.25) is 11.8 Å². The van der Waals surface area contributed by atoms with Crippen molar-refractivity contribution in [1.82, 2.24) is 9.80 Å². The van der Waals surface area contributed by atoms with E-state index in [2.05, 4.69) is 6.58 Å². The maximum Gasteiger partial charge on any atom is 0.310 e. The summed E-state index contributed by atoms with van der Waals surface area (Å²) >= 11 is 0. The number of hydrogen-bond acceptors (Lipinski definition) is 5. The van der Waals surface area contributed by atoms with E-state index < -0.39 is 35.6 Å². The summed E-state index contributed by atoms with van der Waals surface area (Å²) in [6.07, 6.45) is 9.56. The number of carboxylic acid groups (broad SMARTS) is 1. The van der Waals surface area contributed by atoms with E-state index in [9.17, 15) is 19.5 Å². The molecule has 0 radical (unpaired) electrons. The van der Waals surface area contributed by atoms with Gasteiger partial charge in [-0.05, 0) is 44.9 Å². The van der Waals surface area contributed by atoms with Gasteiger partial charge in [0.1, 0.15) is 11.6 Å². The largest absolute Gasteiger partial charge is 0.481 e. The molecule has 0 unspecified atom stereocenters. The van der Waals surface area contributed by atoms with Crippen molar-refractivity contribution >= 4 is 17.8 Å². The van der Waals surface area contributed by atoms with E-state index in [1.807, 2.05) is 4.90 Å². The van der Waals surface area contributed by atoms with Crippen LogP contribution in [0.4, 0.5) is 0 Å². The highest BCUT2D eigenvalue weighted by Crippen LogP contribution is 2.58. The lowest BCUT2D eigenvalue weighted by molar-refractivity contribution is -0.151. The predicted molar refractivity (Wildman–Crippen MR) is 117 cm³/mol. The molecule has 3 saturated heterocycles. The van der Waals surface area contributed by atoms with Gasteiger partial charge in [0.25, 0.3) is 0 Å². The van der Waals surface area contributed by atoms with Gasteiger partial charge in [-0.1, -0.05) is 25.3 Å². The van der Waals surface area contributed by atoms with E-state index in [0.29, 0.717) is 38.8 Å². The summed E-state index contributed by atoms with van der Waals surface area (Å²) in [5.41, 5.74) is -1.05. The van der Waals surface area contributed by atoms with E-state index in [4.69, 9.17) is 9.84 Å². The normalized spacial score (nSPS) is 34.0. The highest BCUT2D eigenvalue weighted by atomic mass is 16.5. The molecular weight excluding hydrogens is 412 g/mol. The molecule has 3 heterocycles. The zero-order valence-corrected chi connectivity index (χ0v) is 18.8. The first kappa shape index (κ1) is 23.2. The maximum absolute atomic E-state index is 14.1. The number of rotatable bonds is 10. The minimum absolute atomic E-state index is 0.0868. The second-order valence-corrected chi connectivity index (χ2v) is 9.78. The number of likely N-dealkylation sites (tertiary alicyclic amines) is 1. The molecule has 3 aliphatic heterocycles. The van der Waals surface area contributed by atoms with Gasteiger partial charge in [0.05, 0.1) is 17.9 Å². The Morgan fingerprint density at radius 1 is 1.19 bits per heavy atom. The van der Waals surface area contributed by atoms with Crippen LogP contribution in [0.1, 0.15) is 64.2 Å². The third kappa shape index (κ3) is 3.75. The summed E-state index contributed by atoms with van der Waals surface area (Å²) < 4.78 is 6.28. The second-order valence-electron chi connectivity index (χ2n) is 9.78. The molecule has 178 valence electrons. The van der Waals surface area contributed by atoms with Crippen molar-refractivity contribution in [1.29, 1.82) is 0 Å². The van der Waals surface area contributed by atoms with Crippen molar-refractivity contribution in [3.05, 3.63) is 12.7 Å². The zero-order chi connectivity index (χ0) is 22.9. The van der Waals surface area contributed by atoms with Crippen LogP contribution in [-0.2, 0) is 19.1 Å². The Labute approximate surface area is 189 Å². The van der Waals surface area contributed by atoms with Gasteiger partial charge in [0.15, 0.2) is 0 Å². The Morgan fingerprint density at radius 3 is 2.59 bits per heavy atom. The number of hydrogen-bond donors (Lipinski definition) is 2. The fourth-order valence-electron chi connectivity index (χ4n) is 6.63. The van der Waals surface area contributed by atoms with Crippen molar-refractivity contribution in [3.8, 4) is 0 Å². The average molecular weight is 449 g/mol. The first-order valence-corrected chi connectivity index (χ1v) is 12.2. The minimum Gasteiger partial charge on any atom is -0.481 e. The monoisotopic (exact) mass is 448 g/mol. The molecule has 0 aromatic carbocycles. The fraction of sp³-hybridized carbons (Fsp3) is 0.792. The maximum atomic E-state index is 14.1. The average Bonchev–Trinajstić information content (AvgIpc) is 3.43. The Balaban J connectivity index is 1.66. The van der Waals surface area contributed by atoms with E-state index in [0.717, 1.165) is 32.1 Å². The number of aliphatic hydroxyl groups is 1. The number of aliphatic carboxylic acids is 1. The molecule has 8 heteroatoms. The quantitative estimate of drug-likeness (QED) is 0.391. The lowest BCUT2D eigenvalue weighted by Crippen LogP contribution is -2.58. The number of carbonyl (C=O) groups excluding carboxylic acids is 2. The minimum atomic E-state index is -1.05. The number of unbranched alkanes of at least 4 members (excludes halogenated alkanes) is 2. The molecular formula is C24H36N2O6. The van der Waals surface area contributed by atoms with Crippen molar-refractivity contribution in [2.75, 3.05) is 19.7 Å². The Bertz CT molecular complexity index is 751. The van der Waals surface area contributed by atoms with Crippen molar-refractivity contribution in [3.63, 3.8) is 0 Å². The Morgan fingerprint density at radius 2 is 1.94 bits per heavy atom. The predicted octanol–water partition coefficient (Wildman–Crippen LogP) is 1.96. The van der Waals surface area contributed by atoms with Gasteiger partial charge in [-0.15, -0.1) is 6.58 Å². The number of fused-ring (bicyclic) bond motifs is 1. The van der Waals surface area contributed by atoms with Crippen LogP contribution in [0.25, 0.3) is 0 Å². The van der Waals surface area contributed by atoms with Gasteiger partial charge in [-0.25, -0.2) is 0 Å². The first-order valence-electron chi connectivity index (χ1n) is 12.2. The van der Waals surface area contributed by atoms with Crippen LogP contribution in [0.5, 0.6) is 0 Å². The number of aliphatic hydroxyl groups excluding tert-OH is 1. The molecule has 1 spiro atoms. The third-order valence-corrected chi connectivity index (χ3v) is 8.00. The van der Waals surface area contributed by atoms with E-state index in [-0.39, 0.29) is 24.5 Å². The first-order chi connectivity index (χ1) is 15.5. The van der Waals surface area contributed by atoms with Crippen molar-refractivity contribution in [2.45, 2.75) is 88.0 Å². The number of carboxylic acids is 1. The van der Waals surface area contributed by atoms with Crippen LogP contribution < -0.4 is 0 Å². The highest BCUT2D eigenvalue weighted by molar-refractivity contribution is 5.98. The van der Waals surface area contributed by atoms with Crippen LogP contribution in [-0.4, -0.2) is 81.3 Å². The molecule has 32 heavy (non-hydrogen) atoms. The van der Waals surface area contributed by atoms with Crippen LogP contribution in [0.2, 0.25) is 0 Å². The standard InChI is InChI=1S/C24H36N2O6/c1-2-13-25(16-9-5-3-6-10-16)22(29)20-24-12-11-17(32-24)18(23(30)31)19(24)21(28)26(20)14-7-4-8-15-27/h2,16-20,27H,1,3-15H2,(H,30,31)/t17-,18+,19+,20-,24+/m0/s1. The molecule has 4 fully saturated rings. The van der Waals surface area contributed by atoms with Gasteiger partial charge in [-0.2, -0.15) is 0 Å². The lowest BCUT2D eigenvalue weighted by Gasteiger charge is -2.40. The topological polar surface area (TPSA) is 107 Å². The second kappa shape index (κ2) is 9.51. The van der Waals surface area contributed by atoms with Crippen LogP contribution in [0, 0.1) is 11.8 Å². The van der Waals surface area contributed by atoms with Crippen LogP contribution >= 0.6 is 0 Å². The molecule has 0 aromatic rings. The zero-order valence-electron chi connectivity index (χ0n) is 18.8. The Hall–Kier alpha value is -1.93. The molecule has 1 saturated carbocycles. The smallest absolute Gasteiger partial charge is 0.310 e. The van der Waals surface area contributed by atoms with Crippen LogP contribution in [0.15, 0.2) is 12.7 Å². The summed E-state index contributed by atoms with van der Waals surface area (Å²) in [4.78, 5) is 43.2. The summed E-state index contributed by atoms with van der Waals surface area (Å²) in [7, 11) is 0. The number of nitrogens with zero attached hydrogens (tertiary/aromatic N) is 2. The molecule has 4 rings (SSSR count). The lowest BCUT2D eigenvalue weighted by atomic mass is 9.70. The van der Waals surface area contributed by atoms with E-state index in [1.165, 1.54) is 6.42 Å². The molecule has 2 bridgehead atoms. The Kier molecular flexibility index (Phi) is 6.91. The van der Waals surface area contributed by atoms with Gasteiger partial charge >= 0.3 is 5.97 Å². The molecule has 1 aliphatic carbocycles. The number of ether oxygens (including phenoxy) is 1. The number of carbonyl (C=O) groups is 3. The number of amides is 2. The molecule has 5 atom stereocenters. The van der Waals surface area contributed by atoms with E-state index >= 15 is 0 Å². The van der Waals surface area contributed by atoms with Crippen LogP contribution in [0.3, 0.4) is 0 Å². The van der Waals surface area contributed by atoms with Gasteiger partial charge in [-0.3, -0.25) is 14.4 Å². The summed E-state index contributed by atoms with van der Waals surface area (Å²) in [5, 5.41) is 19.0. The van der Waals surface area contributed by atoms with Gasteiger partial charge in [0, 0.05) is 25.7 Å². The summed E-state index contributed by atoms with van der Waals surface area (Å²) in [6.45, 7) is 4.73. The van der Waals surface area contributed by atoms with E-state index in [1.54, 1.807) is 11.0 Å². The summed E-state index contributed by atoms with van der Waals surface area (Å²) in [6, 6.07) is -0.671. The van der Waals surface area contributed by atoms with Crippen molar-refractivity contribution in [2.24, 2.45) is 11.8 Å². The third-order valence-electron chi connectivity index (χ3n) is 8.00. The molecule has 4 aliphatic rings. The van der Waals surface area contributed by atoms with Crippen molar-refractivity contribution < 1.29 is 29.3 Å². The molecule has 2 N–H and O–H groups in total. The molecule has 8 nitrogen and oxygen atoms in total. The fourth-order valence-corrected chi connectivity index (χ4v) is 6.63.